The number of hydrogen-bond acceptors (Lipinski definition) is 5. The fourth-order valence-electron chi connectivity index (χ4n) is 3.70. The molecule has 1 unspecified atom stereocenters. The number of piperazine rings is 1. The fraction of sp³-hybridized carbons (Fsp3) is 0.280. The Morgan fingerprint density at radius 3 is 2.61 bits per heavy atom. The van der Waals surface area contributed by atoms with Crippen molar-refractivity contribution >= 4 is 17.4 Å². The first-order chi connectivity index (χ1) is 15.9. The van der Waals surface area contributed by atoms with Crippen molar-refractivity contribution in [2.24, 2.45) is 0 Å². The molecule has 3 aromatic rings. The summed E-state index contributed by atoms with van der Waals surface area (Å²) in [4.78, 5) is 2.68. The summed E-state index contributed by atoms with van der Waals surface area (Å²) in [6.07, 6.45) is -4.48. The quantitative estimate of drug-likeness (QED) is 0.493. The smallest absolute Gasteiger partial charge is 0.417 e. The van der Waals surface area contributed by atoms with Crippen molar-refractivity contribution < 1.29 is 23.0 Å². The van der Waals surface area contributed by atoms with Crippen LogP contribution in [0, 0.1) is 0 Å². The Hall–Kier alpha value is -2.68. The zero-order chi connectivity index (χ0) is 23.3. The van der Waals surface area contributed by atoms with Crippen LogP contribution in [-0.4, -0.2) is 37.4 Å². The molecule has 1 saturated heterocycles. The van der Waals surface area contributed by atoms with Gasteiger partial charge in [0.1, 0.15) is 12.4 Å². The summed E-state index contributed by atoms with van der Waals surface area (Å²) in [7, 11) is 0. The molecule has 4 rings (SSSR count). The number of benzene rings is 3. The number of halogens is 3. The minimum atomic E-state index is -4.48. The largest absolute Gasteiger partial charge is 0.489 e. The molecule has 0 amide bonds. The molecule has 3 aromatic carbocycles. The minimum absolute atomic E-state index is 0.0563. The highest BCUT2D eigenvalue weighted by atomic mass is 32.2. The molecule has 0 saturated carbocycles. The Bertz CT molecular complexity index is 1060. The lowest BCUT2D eigenvalue weighted by Gasteiger charge is -2.35. The lowest BCUT2D eigenvalue weighted by molar-refractivity contribution is -0.139. The van der Waals surface area contributed by atoms with Crippen molar-refractivity contribution in [1.29, 1.82) is 0 Å². The lowest BCUT2D eigenvalue weighted by Crippen LogP contribution is -2.52. The lowest BCUT2D eigenvalue weighted by atomic mass is 10.1. The predicted molar refractivity (Wildman–Crippen MR) is 124 cm³/mol. The van der Waals surface area contributed by atoms with Gasteiger partial charge >= 0.3 is 6.18 Å². The summed E-state index contributed by atoms with van der Waals surface area (Å²) < 4.78 is 47.6. The van der Waals surface area contributed by atoms with Crippen LogP contribution in [0.5, 0.6) is 5.75 Å². The molecule has 0 bridgehead atoms. The minimum Gasteiger partial charge on any atom is -0.489 e. The molecule has 1 aliphatic rings. The molecule has 2 N–H and O–H groups in total. The second-order valence-corrected chi connectivity index (χ2v) is 8.92. The Balaban J connectivity index is 1.52. The van der Waals surface area contributed by atoms with Crippen molar-refractivity contribution in [3.05, 3.63) is 83.9 Å². The van der Waals surface area contributed by atoms with Gasteiger partial charge in [-0.1, -0.05) is 48.2 Å². The predicted octanol–water partition coefficient (Wildman–Crippen LogP) is 5.21. The molecule has 1 atom stereocenters. The highest BCUT2D eigenvalue weighted by molar-refractivity contribution is 7.99. The van der Waals surface area contributed by atoms with Crippen LogP contribution >= 0.6 is 11.8 Å². The molecule has 0 spiro atoms. The monoisotopic (exact) mass is 474 g/mol. The second-order valence-electron chi connectivity index (χ2n) is 7.81. The highest BCUT2D eigenvalue weighted by Gasteiger charge is 2.34. The summed E-state index contributed by atoms with van der Waals surface area (Å²) in [5.74, 6) is 0.602. The maximum atomic E-state index is 13.9. The van der Waals surface area contributed by atoms with E-state index in [1.165, 1.54) is 12.1 Å². The van der Waals surface area contributed by atoms with Gasteiger partial charge in [-0.05, 0) is 42.0 Å². The van der Waals surface area contributed by atoms with Crippen LogP contribution in [0.1, 0.15) is 11.1 Å². The number of rotatable bonds is 7. The number of alkyl halides is 3. The van der Waals surface area contributed by atoms with Gasteiger partial charge in [-0.2, -0.15) is 13.2 Å². The Labute approximate surface area is 195 Å². The van der Waals surface area contributed by atoms with Crippen LogP contribution in [0.4, 0.5) is 18.9 Å². The van der Waals surface area contributed by atoms with Crippen molar-refractivity contribution in [3.63, 3.8) is 0 Å². The summed E-state index contributed by atoms with van der Waals surface area (Å²) >= 11 is 1.07. The zero-order valence-corrected chi connectivity index (χ0v) is 18.7. The van der Waals surface area contributed by atoms with Gasteiger partial charge in [-0.15, -0.1) is 0 Å². The first-order valence-corrected chi connectivity index (χ1v) is 11.5. The third-order valence-corrected chi connectivity index (χ3v) is 6.46. The van der Waals surface area contributed by atoms with Gasteiger partial charge in [0.05, 0.1) is 12.2 Å². The summed E-state index contributed by atoms with van der Waals surface area (Å²) in [6, 6.07) is 21.1. The van der Waals surface area contributed by atoms with Crippen molar-refractivity contribution in [2.75, 3.05) is 31.1 Å². The topological polar surface area (TPSA) is 44.7 Å². The van der Waals surface area contributed by atoms with Crippen LogP contribution in [0.15, 0.2) is 82.6 Å². The number of aliphatic hydroxyl groups is 1. The van der Waals surface area contributed by atoms with E-state index in [1.54, 1.807) is 30.3 Å². The molecule has 1 fully saturated rings. The first-order valence-electron chi connectivity index (χ1n) is 10.7. The van der Waals surface area contributed by atoms with Gasteiger partial charge in [0, 0.05) is 41.2 Å². The molecule has 33 heavy (non-hydrogen) atoms. The van der Waals surface area contributed by atoms with Gasteiger partial charge in [-0.3, -0.25) is 0 Å². The Morgan fingerprint density at radius 1 is 1.03 bits per heavy atom. The SMILES string of the molecule is OCC1CN(c2ccc(Sc3cccc(OCc4ccccc4)c3)c(C(F)(F)F)c2)CCN1. The Kier molecular flexibility index (Phi) is 7.47. The number of anilines is 1. The molecule has 174 valence electrons. The maximum Gasteiger partial charge on any atom is 0.417 e. The molecular formula is C25H25F3N2O2S. The molecule has 1 aliphatic heterocycles. The van der Waals surface area contributed by atoms with E-state index >= 15 is 0 Å². The van der Waals surface area contributed by atoms with Crippen molar-refractivity contribution in [3.8, 4) is 5.75 Å². The molecular weight excluding hydrogens is 449 g/mol. The number of nitrogens with zero attached hydrogens (tertiary/aromatic N) is 1. The third-order valence-electron chi connectivity index (χ3n) is 5.39. The summed E-state index contributed by atoms with van der Waals surface area (Å²) in [5, 5.41) is 12.5. The average molecular weight is 475 g/mol. The fourth-order valence-corrected chi connectivity index (χ4v) is 4.70. The molecule has 1 heterocycles. The van der Waals surface area contributed by atoms with Gasteiger partial charge in [0.25, 0.3) is 0 Å². The van der Waals surface area contributed by atoms with Crippen LogP contribution < -0.4 is 15.0 Å². The van der Waals surface area contributed by atoms with Crippen LogP contribution in [-0.2, 0) is 12.8 Å². The normalized spacial score (nSPS) is 16.6. The maximum absolute atomic E-state index is 13.9. The average Bonchev–Trinajstić information content (AvgIpc) is 2.83. The van der Waals surface area contributed by atoms with Gasteiger partial charge in [-0.25, -0.2) is 0 Å². The number of nitrogens with one attached hydrogen (secondary N) is 1. The van der Waals surface area contributed by atoms with E-state index in [-0.39, 0.29) is 17.5 Å². The Morgan fingerprint density at radius 2 is 1.85 bits per heavy atom. The highest BCUT2D eigenvalue weighted by Crippen LogP contribution is 2.42. The third kappa shape index (κ3) is 6.22. The second kappa shape index (κ2) is 10.5. The molecule has 8 heteroatoms. The zero-order valence-electron chi connectivity index (χ0n) is 17.9. The van der Waals surface area contributed by atoms with Crippen LogP contribution in [0.3, 0.4) is 0 Å². The number of aliphatic hydroxyl groups excluding tert-OH is 1. The van der Waals surface area contributed by atoms with E-state index in [4.69, 9.17) is 4.74 Å². The van der Waals surface area contributed by atoms with Gasteiger partial charge in [0.2, 0.25) is 0 Å². The van der Waals surface area contributed by atoms with E-state index in [0.29, 0.717) is 42.6 Å². The molecule has 4 nitrogen and oxygen atoms in total. The van der Waals surface area contributed by atoms with E-state index in [1.807, 2.05) is 35.2 Å². The van der Waals surface area contributed by atoms with E-state index in [2.05, 4.69) is 5.32 Å². The molecule has 0 radical (unpaired) electrons. The standard InChI is InChI=1S/C25H25F3N2O2S/c26-25(27,28)23-13-20(30-12-11-29-19(15-30)16-31)9-10-24(23)33-22-8-4-7-21(14-22)32-17-18-5-2-1-3-6-18/h1-10,13-14,19,29,31H,11-12,15-17H2. The molecule has 0 aliphatic carbocycles. The summed E-state index contributed by atoms with van der Waals surface area (Å²) in [6.45, 7) is 1.98. The number of hydrogen-bond donors (Lipinski definition) is 2. The van der Waals surface area contributed by atoms with E-state index in [9.17, 15) is 18.3 Å². The van der Waals surface area contributed by atoms with Gasteiger partial charge < -0.3 is 20.1 Å². The van der Waals surface area contributed by atoms with Crippen LogP contribution in [0.2, 0.25) is 0 Å². The van der Waals surface area contributed by atoms with Crippen molar-refractivity contribution in [2.45, 2.75) is 28.6 Å². The van der Waals surface area contributed by atoms with Crippen LogP contribution in [0.25, 0.3) is 0 Å². The van der Waals surface area contributed by atoms with E-state index < -0.39 is 11.7 Å². The first kappa shape index (κ1) is 23.5. The van der Waals surface area contributed by atoms with E-state index in [0.717, 1.165) is 17.3 Å². The van der Waals surface area contributed by atoms with Gasteiger partial charge in [0.15, 0.2) is 0 Å². The molecule has 0 aromatic heterocycles. The number of ether oxygens (including phenoxy) is 1. The summed E-state index contributed by atoms with van der Waals surface area (Å²) in [5.41, 5.74) is 0.855. The van der Waals surface area contributed by atoms with Crippen molar-refractivity contribution in [1.82, 2.24) is 5.32 Å².